The van der Waals surface area contributed by atoms with Gasteiger partial charge < -0.3 is 9.73 Å². The molecule has 1 amide bonds. The minimum Gasteiger partial charge on any atom is -0.464 e. The highest BCUT2D eigenvalue weighted by Crippen LogP contribution is 2.25. The van der Waals surface area contributed by atoms with E-state index in [4.69, 9.17) is 4.42 Å². The number of carbonyl (C=O) groups is 1. The second kappa shape index (κ2) is 5.42. The molecule has 0 bridgehead atoms. The summed E-state index contributed by atoms with van der Waals surface area (Å²) in [5.74, 6) is 0.741. The standard InChI is InChI=1S/C14H11NO2S2/c16-14(15-8-11-3-2-6-18-11)13-7-10(9-19-13)12-4-1-5-17-12/h1-7,9H,8H2,(H,15,16). The van der Waals surface area contributed by atoms with Crippen molar-refractivity contribution in [2.75, 3.05) is 0 Å². The van der Waals surface area contributed by atoms with Gasteiger partial charge in [-0.05, 0) is 29.6 Å². The Morgan fingerprint density at radius 2 is 2.21 bits per heavy atom. The molecule has 5 heteroatoms. The number of carbonyl (C=O) groups excluding carboxylic acids is 1. The quantitative estimate of drug-likeness (QED) is 0.789. The summed E-state index contributed by atoms with van der Waals surface area (Å²) in [6.45, 7) is 0.574. The van der Waals surface area contributed by atoms with Gasteiger partial charge in [0, 0.05) is 15.8 Å². The largest absolute Gasteiger partial charge is 0.464 e. The molecule has 0 fully saturated rings. The van der Waals surface area contributed by atoms with Crippen molar-refractivity contribution >= 4 is 28.6 Å². The molecule has 0 saturated heterocycles. The SMILES string of the molecule is O=C(NCc1cccs1)c1cc(-c2ccco2)cs1. The lowest BCUT2D eigenvalue weighted by Crippen LogP contribution is -2.21. The van der Waals surface area contributed by atoms with Crippen molar-refractivity contribution in [2.24, 2.45) is 0 Å². The fourth-order valence-electron chi connectivity index (χ4n) is 1.70. The summed E-state index contributed by atoms with van der Waals surface area (Å²) in [5.41, 5.74) is 0.941. The van der Waals surface area contributed by atoms with Gasteiger partial charge in [0.1, 0.15) is 5.76 Å². The first-order valence-corrected chi connectivity index (χ1v) is 7.52. The first-order chi connectivity index (χ1) is 9.33. The molecule has 3 rings (SSSR count). The van der Waals surface area contributed by atoms with Gasteiger partial charge in [0.25, 0.3) is 5.91 Å². The number of nitrogens with one attached hydrogen (secondary N) is 1. The minimum absolute atomic E-state index is 0.0452. The van der Waals surface area contributed by atoms with Gasteiger partial charge in [-0.15, -0.1) is 22.7 Å². The van der Waals surface area contributed by atoms with Crippen LogP contribution >= 0.6 is 22.7 Å². The van der Waals surface area contributed by atoms with E-state index in [2.05, 4.69) is 5.32 Å². The molecule has 0 aliphatic carbocycles. The highest BCUT2D eigenvalue weighted by Gasteiger charge is 2.11. The van der Waals surface area contributed by atoms with Crippen LogP contribution in [0.5, 0.6) is 0 Å². The Morgan fingerprint density at radius 1 is 1.26 bits per heavy atom. The summed E-state index contributed by atoms with van der Waals surface area (Å²) >= 11 is 3.06. The molecule has 1 N–H and O–H groups in total. The van der Waals surface area contributed by atoms with E-state index in [1.807, 2.05) is 41.1 Å². The van der Waals surface area contributed by atoms with Crippen LogP contribution < -0.4 is 5.32 Å². The van der Waals surface area contributed by atoms with Gasteiger partial charge in [0.2, 0.25) is 0 Å². The Hall–Kier alpha value is -1.85. The highest BCUT2D eigenvalue weighted by atomic mass is 32.1. The number of rotatable bonds is 4. The van der Waals surface area contributed by atoms with Crippen molar-refractivity contribution in [3.8, 4) is 11.3 Å². The van der Waals surface area contributed by atoms with Crippen LogP contribution in [0, 0.1) is 0 Å². The molecule has 0 aliphatic rings. The molecule has 3 nitrogen and oxygen atoms in total. The number of amides is 1. The first kappa shape index (κ1) is 12.2. The van der Waals surface area contributed by atoms with Gasteiger partial charge in [0.05, 0.1) is 17.7 Å². The van der Waals surface area contributed by atoms with Gasteiger partial charge in [-0.1, -0.05) is 6.07 Å². The van der Waals surface area contributed by atoms with E-state index < -0.39 is 0 Å². The first-order valence-electron chi connectivity index (χ1n) is 5.76. The molecule has 0 spiro atoms. The van der Waals surface area contributed by atoms with Crippen LogP contribution in [0.15, 0.2) is 51.8 Å². The maximum atomic E-state index is 12.0. The van der Waals surface area contributed by atoms with Gasteiger partial charge in [-0.3, -0.25) is 4.79 Å². The molecule has 0 saturated carbocycles. The van der Waals surface area contributed by atoms with Crippen LogP contribution in [0.3, 0.4) is 0 Å². The van der Waals surface area contributed by atoms with Crippen molar-refractivity contribution in [1.82, 2.24) is 5.32 Å². The summed E-state index contributed by atoms with van der Waals surface area (Å²) in [6.07, 6.45) is 1.63. The van der Waals surface area contributed by atoms with E-state index >= 15 is 0 Å². The average Bonchev–Trinajstić information content (AvgIpc) is 3.14. The maximum absolute atomic E-state index is 12.0. The molecular weight excluding hydrogens is 278 g/mol. The molecule has 0 atom stereocenters. The van der Waals surface area contributed by atoms with Crippen LogP contribution in [-0.2, 0) is 6.54 Å². The third kappa shape index (κ3) is 2.77. The second-order valence-electron chi connectivity index (χ2n) is 3.94. The summed E-state index contributed by atoms with van der Waals surface area (Å²) < 4.78 is 5.31. The fraction of sp³-hybridized carbons (Fsp3) is 0.0714. The van der Waals surface area contributed by atoms with Crippen molar-refractivity contribution in [3.05, 3.63) is 57.1 Å². The molecule has 3 aromatic rings. The van der Waals surface area contributed by atoms with E-state index in [0.717, 1.165) is 16.2 Å². The minimum atomic E-state index is -0.0452. The summed E-state index contributed by atoms with van der Waals surface area (Å²) in [7, 11) is 0. The van der Waals surface area contributed by atoms with Gasteiger partial charge in [-0.25, -0.2) is 0 Å². The Balaban J connectivity index is 1.67. The normalized spacial score (nSPS) is 10.5. The molecule has 0 radical (unpaired) electrons. The number of hydrogen-bond donors (Lipinski definition) is 1. The summed E-state index contributed by atoms with van der Waals surface area (Å²) in [5, 5.41) is 6.84. The van der Waals surface area contributed by atoms with Crippen LogP contribution in [0.2, 0.25) is 0 Å². The van der Waals surface area contributed by atoms with Crippen LogP contribution in [0.4, 0.5) is 0 Å². The zero-order valence-electron chi connectivity index (χ0n) is 9.96. The van der Waals surface area contributed by atoms with Crippen molar-refractivity contribution in [3.63, 3.8) is 0 Å². The lowest BCUT2D eigenvalue weighted by molar-refractivity contribution is 0.0955. The van der Waals surface area contributed by atoms with Crippen LogP contribution in [0.1, 0.15) is 14.5 Å². The van der Waals surface area contributed by atoms with E-state index in [9.17, 15) is 4.79 Å². The Morgan fingerprint density at radius 3 is 2.95 bits per heavy atom. The third-order valence-electron chi connectivity index (χ3n) is 2.63. The predicted molar refractivity (Wildman–Crippen MR) is 77.5 cm³/mol. The second-order valence-corrected chi connectivity index (χ2v) is 5.88. The van der Waals surface area contributed by atoms with Gasteiger partial charge in [0.15, 0.2) is 0 Å². The smallest absolute Gasteiger partial charge is 0.261 e. The molecule has 19 heavy (non-hydrogen) atoms. The number of hydrogen-bond acceptors (Lipinski definition) is 4. The molecule has 3 aromatic heterocycles. The van der Waals surface area contributed by atoms with Crippen LogP contribution in [-0.4, -0.2) is 5.91 Å². The van der Waals surface area contributed by atoms with Crippen molar-refractivity contribution in [2.45, 2.75) is 6.54 Å². The van der Waals surface area contributed by atoms with Crippen molar-refractivity contribution in [1.29, 1.82) is 0 Å². The van der Waals surface area contributed by atoms with E-state index in [1.165, 1.54) is 11.3 Å². The highest BCUT2D eigenvalue weighted by molar-refractivity contribution is 7.12. The lowest BCUT2D eigenvalue weighted by Gasteiger charge is -2.00. The van der Waals surface area contributed by atoms with E-state index in [0.29, 0.717) is 11.4 Å². The maximum Gasteiger partial charge on any atom is 0.261 e. The summed E-state index contributed by atoms with van der Waals surface area (Å²) in [6, 6.07) is 9.56. The van der Waals surface area contributed by atoms with E-state index in [-0.39, 0.29) is 5.91 Å². The Kier molecular flexibility index (Phi) is 3.48. The predicted octanol–water partition coefficient (Wildman–Crippen LogP) is 4.00. The van der Waals surface area contributed by atoms with Gasteiger partial charge >= 0.3 is 0 Å². The molecule has 96 valence electrons. The molecule has 0 aliphatic heterocycles. The zero-order valence-corrected chi connectivity index (χ0v) is 11.6. The molecule has 3 heterocycles. The fourth-order valence-corrected chi connectivity index (χ4v) is 3.15. The molecule has 0 unspecified atom stereocenters. The number of thiophene rings is 2. The van der Waals surface area contributed by atoms with Crippen LogP contribution in [0.25, 0.3) is 11.3 Å². The molecule has 0 aromatic carbocycles. The number of furan rings is 1. The zero-order chi connectivity index (χ0) is 13.1. The van der Waals surface area contributed by atoms with Gasteiger partial charge in [-0.2, -0.15) is 0 Å². The topological polar surface area (TPSA) is 42.2 Å². The molecular formula is C14H11NO2S2. The van der Waals surface area contributed by atoms with E-state index in [1.54, 1.807) is 17.6 Å². The Labute approximate surface area is 118 Å². The lowest BCUT2D eigenvalue weighted by atomic mass is 10.2. The third-order valence-corrected chi connectivity index (χ3v) is 4.44. The summed E-state index contributed by atoms with van der Waals surface area (Å²) in [4.78, 5) is 13.8. The Bertz CT molecular complexity index is 654. The monoisotopic (exact) mass is 289 g/mol. The average molecular weight is 289 g/mol. The van der Waals surface area contributed by atoms with Crippen molar-refractivity contribution < 1.29 is 9.21 Å².